The number of carbonyl (C=O) groups excluding carboxylic acids is 4. The van der Waals surface area contributed by atoms with Crippen molar-refractivity contribution in [1.29, 1.82) is 0 Å². The number of hydrogen-bond acceptors (Lipinski definition) is 8. The topological polar surface area (TPSA) is 129 Å². The second-order valence-corrected chi connectivity index (χ2v) is 7.14. The van der Waals surface area contributed by atoms with Crippen LogP contribution in [0.25, 0.3) is 0 Å². The normalized spacial score (nSPS) is 11.6. The predicted molar refractivity (Wildman–Crippen MR) is 105 cm³/mol. The number of ether oxygens (including phenoxy) is 4. The number of esters is 2. The van der Waals surface area contributed by atoms with Crippen molar-refractivity contribution in [3.63, 3.8) is 0 Å². The second-order valence-electron chi connectivity index (χ2n) is 7.14. The highest BCUT2D eigenvalue weighted by molar-refractivity contribution is 5.86. The molecule has 1 aromatic rings. The van der Waals surface area contributed by atoms with Gasteiger partial charge in [0.05, 0.1) is 20.1 Å². The van der Waals surface area contributed by atoms with E-state index in [-0.39, 0.29) is 19.8 Å². The zero-order valence-electron chi connectivity index (χ0n) is 17.6. The van der Waals surface area contributed by atoms with Crippen LogP contribution < -0.4 is 10.6 Å². The Morgan fingerprint density at radius 1 is 1.00 bits per heavy atom. The van der Waals surface area contributed by atoms with Gasteiger partial charge >= 0.3 is 24.1 Å². The first-order chi connectivity index (χ1) is 14.1. The van der Waals surface area contributed by atoms with Crippen LogP contribution in [0, 0.1) is 0 Å². The lowest BCUT2D eigenvalue weighted by molar-refractivity contribution is -0.150. The maximum Gasteiger partial charge on any atom is 0.408 e. The smallest absolute Gasteiger partial charge is 0.408 e. The fourth-order valence-corrected chi connectivity index (χ4v) is 2.10. The molecule has 1 rings (SSSR count). The molecule has 1 atom stereocenters. The van der Waals surface area contributed by atoms with E-state index >= 15 is 0 Å². The maximum atomic E-state index is 11.9. The Kier molecular flexibility index (Phi) is 10.1. The predicted octanol–water partition coefficient (Wildman–Crippen LogP) is 1.91. The summed E-state index contributed by atoms with van der Waals surface area (Å²) in [6, 6.07) is 7.68. The minimum Gasteiger partial charge on any atom is -0.467 e. The first-order valence-corrected chi connectivity index (χ1v) is 9.28. The molecule has 1 aromatic carbocycles. The zero-order valence-corrected chi connectivity index (χ0v) is 17.6. The van der Waals surface area contributed by atoms with E-state index in [2.05, 4.69) is 15.4 Å². The van der Waals surface area contributed by atoms with Crippen LogP contribution in [0.4, 0.5) is 9.59 Å². The molecular formula is C20H28N2O8. The third-order valence-corrected chi connectivity index (χ3v) is 3.39. The highest BCUT2D eigenvalue weighted by atomic mass is 16.6. The minimum atomic E-state index is -1.27. The van der Waals surface area contributed by atoms with Crippen LogP contribution in [0.1, 0.15) is 32.8 Å². The first-order valence-electron chi connectivity index (χ1n) is 9.28. The van der Waals surface area contributed by atoms with Gasteiger partial charge < -0.3 is 29.6 Å². The number of benzene rings is 1. The average Bonchev–Trinajstić information content (AvgIpc) is 2.68. The van der Waals surface area contributed by atoms with Gasteiger partial charge in [0.1, 0.15) is 24.9 Å². The molecule has 0 radical (unpaired) electrons. The molecule has 0 fully saturated rings. The van der Waals surface area contributed by atoms with Gasteiger partial charge in [-0.25, -0.2) is 14.4 Å². The Hall–Kier alpha value is -3.30. The third-order valence-electron chi connectivity index (χ3n) is 3.39. The number of methoxy groups -OCH3 is 1. The summed E-state index contributed by atoms with van der Waals surface area (Å²) in [5, 5.41) is 4.70. The molecule has 0 aromatic heterocycles. The van der Waals surface area contributed by atoms with Gasteiger partial charge in [-0.3, -0.25) is 4.79 Å². The van der Waals surface area contributed by atoms with E-state index in [1.165, 1.54) is 0 Å². The fraction of sp³-hybridized carbons (Fsp3) is 0.500. The number of amides is 2. The molecule has 30 heavy (non-hydrogen) atoms. The molecular weight excluding hydrogens is 396 g/mol. The molecule has 2 amide bonds. The average molecular weight is 424 g/mol. The molecule has 166 valence electrons. The zero-order chi connectivity index (χ0) is 22.6. The van der Waals surface area contributed by atoms with Gasteiger partial charge in [-0.2, -0.15) is 0 Å². The van der Waals surface area contributed by atoms with E-state index in [1.807, 2.05) is 6.07 Å². The van der Waals surface area contributed by atoms with Crippen molar-refractivity contribution in [3.05, 3.63) is 35.9 Å². The summed E-state index contributed by atoms with van der Waals surface area (Å²) in [7, 11) is 1.13. The second kappa shape index (κ2) is 12.3. The van der Waals surface area contributed by atoms with Crippen molar-refractivity contribution in [2.45, 2.75) is 45.4 Å². The van der Waals surface area contributed by atoms with E-state index in [9.17, 15) is 19.2 Å². The molecule has 0 spiro atoms. The van der Waals surface area contributed by atoms with Gasteiger partial charge in [0.25, 0.3) is 0 Å². The standard InChI is InChI=1S/C20H28N2O8/c1-20(2,3)30-18(25)21-10-11-28-16(23)12-15(17(24)27-4)22-19(26)29-13-14-8-6-5-7-9-14/h5-9,15H,10-13H2,1-4H3,(H,21,25)(H,22,26). The van der Waals surface area contributed by atoms with Gasteiger partial charge in [0.15, 0.2) is 0 Å². The molecule has 0 bridgehead atoms. The summed E-state index contributed by atoms with van der Waals surface area (Å²) in [5.41, 5.74) is 0.120. The highest BCUT2D eigenvalue weighted by Gasteiger charge is 2.26. The Morgan fingerprint density at radius 2 is 1.67 bits per heavy atom. The van der Waals surface area contributed by atoms with Crippen molar-refractivity contribution >= 4 is 24.1 Å². The lowest BCUT2D eigenvalue weighted by atomic mass is 10.2. The molecule has 10 heteroatoms. The van der Waals surface area contributed by atoms with E-state index in [0.717, 1.165) is 12.7 Å². The SMILES string of the molecule is COC(=O)C(CC(=O)OCCNC(=O)OC(C)(C)C)NC(=O)OCc1ccccc1. The molecule has 0 aliphatic heterocycles. The number of hydrogen-bond donors (Lipinski definition) is 2. The minimum absolute atomic E-state index is 0.00134. The Morgan fingerprint density at radius 3 is 2.27 bits per heavy atom. The fourth-order valence-electron chi connectivity index (χ4n) is 2.10. The van der Waals surface area contributed by atoms with Crippen LogP contribution in [0.3, 0.4) is 0 Å². The first kappa shape index (κ1) is 24.7. The summed E-state index contributed by atoms with van der Waals surface area (Å²) < 4.78 is 19.6. The quantitative estimate of drug-likeness (QED) is 0.349. The van der Waals surface area contributed by atoms with E-state index in [0.29, 0.717) is 0 Å². The molecule has 0 aliphatic rings. The van der Waals surface area contributed by atoms with Crippen molar-refractivity contribution in [3.8, 4) is 0 Å². The van der Waals surface area contributed by atoms with Gasteiger partial charge in [-0.05, 0) is 26.3 Å². The van der Waals surface area contributed by atoms with Gasteiger partial charge in [-0.15, -0.1) is 0 Å². The van der Waals surface area contributed by atoms with Gasteiger partial charge in [-0.1, -0.05) is 30.3 Å². The van der Waals surface area contributed by atoms with Crippen molar-refractivity contribution < 1.29 is 38.1 Å². The Balaban J connectivity index is 2.40. The third kappa shape index (κ3) is 10.9. The summed E-state index contributed by atoms with van der Waals surface area (Å²) in [6.07, 6.45) is -1.98. The molecule has 1 unspecified atom stereocenters. The summed E-state index contributed by atoms with van der Waals surface area (Å²) >= 11 is 0. The molecule has 0 saturated carbocycles. The van der Waals surface area contributed by atoms with E-state index in [4.69, 9.17) is 14.2 Å². The van der Waals surface area contributed by atoms with Gasteiger partial charge in [0.2, 0.25) is 0 Å². The van der Waals surface area contributed by atoms with E-state index in [1.54, 1.807) is 45.0 Å². The lowest BCUT2D eigenvalue weighted by Crippen LogP contribution is -2.43. The molecule has 0 aliphatic carbocycles. The maximum absolute atomic E-state index is 11.9. The Bertz CT molecular complexity index is 715. The van der Waals surface area contributed by atoms with E-state index < -0.39 is 42.2 Å². The monoisotopic (exact) mass is 424 g/mol. The lowest BCUT2D eigenvalue weighted by Gasteiger charge is -2.19. The molecule has 0 heterocycles. The van der Waals surface area contributed by atoms with Crippen LogP contribution in [0.5, 0.6) is 0 Å². The van der Waals surface area contributed by atoms with Crippen molar-refractivity contribution in [1.82, 2.24) is 10.6 Å². The van der Waals surface area contributed by atoms with Crippen LogP contribution >= 0.6 is 0 Å². The number of carbonyl (C=O) groups is 4. The number of nitrogens with one attached hydrogen (secondary N) is 2. The molecule has 10 nitrogen and oxygen atoms in total. The Labute approximate surface area is 175 Å². The van der Waals surface area contributed by atoms with Crippen molar-refractivity contribution in [2.75, 3.05) is 20.3 Å². The summed E-state index contributed by atoms with van der Waals surface area (Å²) in [6.45, 7) is 5.05. The van der Waals surface area contributed by atoms with Crippen LogP contribution in [-0.4, -0.2) is 56.0 Å². The van der Waals surface area contributed by atoms with Crippen LogP contribution in [-0.2, 0) is 35.1 Å². The molecule has 2 N–H and O–H groups in total. The van der Waals surface area contributed by atoms with Crippen molar-refractivity contribution in [2.24, 2.45) is 0 Å². The number of alkyl carbamates (subject to hydrolysis) is 2. The summed E-state index contributed by atoms with van der Waals surface area (Å²) in [4.78, 5) is 47.2. The van der Waals surface area contributed by atoms with Crippen LogP contribution in [0.2, 0.25) is 0 Å². The molecule has 0 saturated heterocycles. The van der Waals surface area contributed by atoms with Crippen LogP contribution in [0.15, 0.2) is 30.3 Å². The highest BCUT2D eigenvalue weighted by Crippen LogP contribution is 2.06. The summed E-state index contributed by atoms with van der Waals surface area (Å²) in [5.74, 6) is -1.59. The van der Waals surface area contributed by atoms with Gasteiger partial charge in [0, 0.05) is 0 Å². The number of rotatable bonds is 9. The largest absolute Gasteiger partial charge is 0.467 e.